The van der Waals surface area contributed by atoms with Gasteiger partial charge >= 0.3 is 0 Å². The zero-order valence-corrected chi connectivity index (χ0v) is 17.5. The minimum absolute atomic E-state index is 0.132. The number of aliphatic hydroxyl groups is 2. The second kappa shape index (κ2) is 11.8. The van der Waals surface area contributed by atoms with Crippen molar-refractivity contribution in [2.75, 3.05) is 18.5 Å². The first-order chi connectivity index (χ1) is 14.9. The fourth-order valence-electron chi connectivity index (χ4n) is 3.07. The SMILES string of the molecule is C=CC[C@@H](CC(=O)N[C@H](C)CO)C(=O)N[C@@H](CO)C(=O)Nc1ccc2ccccc2c1. The fourth-order valence-corrected chi connectivity index (χ4v) is 3.07. The molecule has 0 radical (unpaired) electrons. The molecule has 0 aliphatic heterocycles. The molecule has 0 saturated heterocycles. The van der Waals surface area contributed by atoms with Gasteiger partial charge in [-0.25, -0.2) is 0 Å². The van der Waals surface area contributed by atoms with E-state index in [9.17, 15) is 19.5 Å². The van der Waals surface area contributed by atoms with Crippen molar-refractivity contribution in [3.8, 4) is 0 Å². The Labute approximate surface area is 181 Å². The lowest BCUT2D eigenvalue weighted by Crippen LogP contribution is -2.49. The van der Waals surface area contributed by atoms with Crippen molar-refractivity contribution in [3.63, 3.8) is 0 Å². The van der Waals surface area contributed by atoms with Crippen LogP contribution in [0.4, 0.5) is 5.69 Å². The molecule has 0 aliphatic carbocycles. The molecule has 3 amide bonds. The molecule has 0 saturated carbocycles. The van der Waals surface area contributed by atoms with Gasteiger partial charge in [-0.05, 0) is 36.2 Å². The predicted molar refractivity (Wildman–Crippen MR) is 119 cm³/mol. The van der Waals surface area contributed by atoms with Crippen LogP contribution in [0, 0.1) is 5.92 Å². The number of nitrogens with one attached hydrogen (secondary N) is 3. The van der Waals surface area contributed by atoms with Gasteiger partial charge in [0.25, 0.3) is 0 Å². The van der Waals surface area contributed by atoms with Crippen LogP contribution in [0.3, 0.4) is 0 Å². The maximum atomic E-state index is 12.6. The van der Waals surface area contributed by atoms with Crippen LogP contribution in [0.1, 0.15) is 19.8 Å². The summed E-state index contributed by atoms with van der Waals surface area (Å²) in [6.07, 6.45) is 1.60. The lowest BCUT2D eigenvalue weighted by atomic mass is 9.99. The quantitative estimate of drug-likeness (QED) is 0.346. The minimum atomic E-state index is -1.18. The first kappa shape index (κ1) is 24.0. The van der Waals surface area contributed by atoms with Crippen molar-refractivity contribution in [3.05, 3.63) is 55.1 Å². The molecule has 0 fully saturated rings. The molecule has 0 bridgehead atoms. The molecule has 8 nitrogen and oxygen atoms in total. The summed E-state index contributed by atoms with van der Waals surface area (Å²) >= 11 is 0. The summed E-state index contributed by atoms with van der Waals surface area (Å²) in [6, 6.07) is 11.5. The lowest BCUT2D eigenvalue weighted by Gasteiger charge is -2.21. The van der Waals surface area contributed by atoms with Gasteiger partial charge in [-0.2, -0.15) is 0 Å². The van der Waals surface area contributed by atoms with Crippen LogP contribution in [0.5, 0.6) is 0 Å². The molecule has 5 N–H and O–H groups in total. The van der Waals surface area contributed by atoms with E-state index in [-0.39, 0.29) is 19.4 Å². The van der Waals surface area contributed by atoms with Crippen LogP contribution < -0.4 is 16.0 Å². The molecule has 0 unspecified atom stereocenters. The third kappa shape index (κ3) is 7.20. The molecule has 3 atom stereocenters. The number of hydrogen-bond donors (Lipinski definition) is 5. The van der Waals surface area contributed by atoms with Crippen LogP contribution in [-0.2, 0) is 14.4 Å². The first-order valence-corrected chi connectivity index (χ1v) is 10.1. The Morgan fingerprint density at radius 1 is 1.00 bits per heavy atom. The largest absolute Gasteiger partial charge is 0.394 e. The average Bonchev–Trinajstić information content (AvgIpc) is 2.76. The van der Waals surface area contributed by atoms with E-state index in [4.69, 9.17) is 5.11 Å². The Balaban J connectivity index is 2.02. The number of allylic oxidation sites excluding steroid dienone is 1. The molecule has 2 rings (SSSR count). The number of benzene rings is 2. The summed E-state index contributed by atoms with van der Waals surface area (Å²) in [5, 5.41) is 28.4. The highest BCUT2D eigenvalue weighted by molar-refractivity contribution is 5.99. The van der Waals surface area contributed by atoms with Gasteiger partial charge in [0.1, 0.15) is 6.04 Å². The minimum Gasteiger partial charge on any atom is -0.394 e. The van der Waals surface area contributed by atoms with E-state index in [0.29, 0.717) is 5.69 Å². The van der Waals surface area contributed by atoms with Crippen molar-refractivity contribution in [2.45, 2.75) is 31.8 Å². The van der Waals surface area contributed by atoms with Gasteiger partial charge in [0.05, 0.1) is 19.1 Å². The molecule has 8 heteroatoms. The van der Waals surface area contributed by atoms with Crippen molar-refractivity contribution in [1.29, 1.82) is 0 Å². The van der Waals surface area contributed by atoms with Gasteiger partial charge < -0.3 is 26.2 Å². The Bertz CT molecular complexity index is 930. The number of carbonyl (C=O) groups excluding carboxylic acids is 3. The summed E-state index contributed by atoms with van der Waals surface area (Å²) in [5.74, 6) is -2.27. The Kier molecular flexibility index (Phi) is 9.17. The highest BCUT2D eigenvalue weighted by Crippen LogP contribution is 2.19. The van der Waals surface area contributed by atoms with E-state index in [2.05, 4.69) is 22.5 Å². The summed E-state index contributed by atoms with van der Waals surface area (Å²) in [7, 11) is 0. The summed E-state index contributed by atoms with van der Waals surface area (Å²) in [5.41, 5.74) is 0.538. The van der Waals surface area contributed by atoms with Crippen molar-refractivity contribution < 1.29 is 24.6 Å². The van der Waals surface area contributed by atoms with Crippen molar-refractivity contribution >= 4 is 34.2 Å². The number of anilines is 1. The van der Waals surface area contributed by atoms with Crippen LogP contribution in [0.2, 0.25) is 0 Å². The van der Waals surface area contributed by atoms with E-state index in [1.807, 2.05) is 30.3 Å². The Morgan fingerprint density at radius 3 is 2.35 bits per heavy atom. The highest BCUT2D eigenvalue weighted by Gasteiger charge is 2.26. The number of rotatable bonds is 11. The fraction of sp³-hybridized carbons (Fsp3) is 0.348. The molecule has 166 valence electrons. The van der Waals surface area contributed by atoms with Gasteiger partial charge in [0, 0.05) is 18.2 Å². The standard InChI is InChI=1S/C23H29N3O5/c1-3-6-18(12-21(29)24-15(2)13-27)22(30)26-20(14-28)23(31)25-19-10-9-16-7-4-5-8-17(16)11-19/h3-5,7-11,15,18,20,27-28H,1,6,12-14H2,2H3,(H,24,29)(H,25,31)(H,26,30)/t15-,18+,20+/m1/s1. The van der Waals surface area contributed by atoms with Crippen LogP contribution >= 0.6 is 0 Å². The number of amides is 3. The second-order valence-corrected chi connectivity index (χ2v) is 7.37. The third-order valence-electron chi connectivity index (χ3n) is 4.77. The van der Waals surface area contributed by atoms with Gasteiger partial charge in [-0.1, -0.05) is 36.4 Å². The van der Waals surface area contributed by atoms with Gasteiger partial charge in [-0.15, -0.1) is 6.58 Å². The number of carbonyl (C=O) groups is 3. The summed E-state index contributed by atoms with van der Waals surface area (Å²) in [4.78, 5) is 37.3. The molecular formula is C23H29N3O5. The average molecular weight is 428 g/mol. The molecule has 2 aromatic carbocycles. The normalized spacial score (nSPS) is 13.6. The monoisotopic (exact) mass is 427 g/mol. The Hall–Kier alpha value is -3.23. The first-order valence-electron chi connectivity index (χ1n) is 10.1. The van der Waals surface area contributed by atoms with E-state index in [0.717, 1.165) is 10.8 Å². The lowest BCUT2D eigenvalue weighted by molar-refractivity contribution is -0.133. The molecule has 31 heavy (non-hydrogen) atoms. The second-order valence-electron chi connectivity index (χ2n) is 7.37. The zero-order chi connectivity index (χ0) is 22.8. The van der Waals surface area contributed by atoms with E-state index in [1.54, 1.807) is 19.1 Å². The maximum Gasteiger partial charge on any atom is 0.249 e. The van der Waals surface area contributed by atoms with E-state index < -0.39 is 42.3 Å². The highest BCUT2D eigenvalue weighted by atomic mass is 16.3. The van der Waals surface area contributed by atoms with Gasteiger partial charge in [0.2, 0.25) is 17.7 Å². The Morgan fingerprint density at radius 2 is 1.71 bits per heavy atom. The van der Waals surface area contributed by atoms with Crippen molar-refractivity contribution in [2.24, 2.45) is 5.92 Å². The molecule has 0 spiro atoms. The predicted octanol–water partition coefficient (Wildman–Crippen LogP) is 1.33. The maximum absolute atomic E-state index is 12.6. The van der Waals surface area contributed by atoms with E-state index >= 15 is 0 Å². The topological polar surface area (TPSA) is 128 Å². The smallest absolute Gasteiger partial charge is 0.249 e. The van der Waals surface area contributed by atoms with Crippen LogP contribution in [0.25, 0.3) is 10.8 Å². The molecular weight excluding hydrogens is 398 g/mol. The summed E-state index contributed by atoms with van der Waals surface area (Å²) in [6.45, 7) is 4.43. The summed E-state index contributed by atoms with van der Waals surface area (Å²) < 4.78 is 0. The number of fused-ring (bicyclic) bond motifs is 1. The molecule has 2 aromatic rings. The van der Waals surface area contributed by atoms with Crippen molar-refractivity contribution in [1.82, 2.24) is 10.6 Å². The van der Waals surface area contributed by atoms with Crippen LogP contribution in [0.15, 0.2) is 55.1 Å². The number of aliphatic hydroxyl groups excluding tert-OH is 2. The zero-order valence-electron chi connectivity index (χ0n) is 17.5. The van der Waals surface area contributed by atoms with Gasteiger partial charge in [0.15, 0.2) is 0 Å². The van der Waals surface area contributed by atoms with E-state index in [1.165, 1.54) is 6.08 Å². The van der Waals surface area contributed by atoms with Crippen LogP contribution in [-0.4, -0.2) is 53.2 Å². The molecule has 0 aromatic heterocycles. The third-order valence-corrected chi connectivity index (χ3v) is 4.77. The molecule has 0 heterocycles. The van der Waals surface area contributed by atoms with Gasteiger partial charge in [-0.3, -0.25) is 14.4 Å². The molecule has 0 aliphatic rings. The number of hydrogen-bond acceptors (Lipinski definition) is 5.